The molecule has 0 atom stereocenters. The molecule has 1 aliphatic heterocycles. The average Bonchev–Trinajstić information content (AvgIpc) is 3.14. The highest BCUT2D eigenvalue weighted by atomic mass is 32.1. The van der Waals surface area contributed by atoms with Gasteiger partial charge in [0, 0.05) is 36.9 Å². The maximum absolute atomic E-state index is 11.9. The molecule has 0 radical (unpaired) electrons. The van der Waals surface area contributed by atoms with Crippen molar-refractivity contribution >= 4 is 34.2 Å². The summed E-state index contributed by atoms with van der Waals surface area (Å²) in [5, 5.41) is 12.5. The van der Waals surface area contributed by atoms with Crippen LogP contribution in [-0.2, 0) is 0 Å². The molecule has 0 aliphatic carbocycles. The number of thiophene rings is 2. The summed E-state index contributed by atoms with van der Waals surface area (Å²) in [5.41, 5.74) is 1.98. The van der Waals surface area contributed by atoms with E-state index in [4.69, 9.17) is 0 Å². The van der Waals surface area contributed by atoms with Crippen LogP contribution in [-0.4, -0.2) is 29.6 Å². The van der Waals surface area contributed by atoms with Crippen LogP contribution >= 0.6 is 22.7 Å². The number of Topliss-reactive ketones (excluding diaryl/α,β-unsaturated/α-hetero) is 1. The van der Waals surface area contributed by atoms with E-state index in [1.807, 2.05) is 27.9 Å². The normalized spacial score (nSPS) is 14.7. The van der Waals surface area contributed by atoms with Gasteiger partial charge in [0.05, 0.1) is 10.6 Å². The Morgan fingerprint density at radius 1 is 1.37 bits per heavy atom. The van der Waals surface area contributed by atoms with Gasteiger partial charge in [0.2, 0.25) is 0 Å². The monoisotopic (exact) mass is 290 g/mol. The fourth-order valence-corrected chi connectivity index (χ4v) is 3.48. The third kappa shape index (κ3) is 2.93. The molecule has 1 aliphatic rings. The highest BCUT2D eigenvalue weighted by molar-refractivity contribution is 7.12. The van der Waals surface area contributed by atoms with Crippen molar-refractivity contribution < 1.29 is 4.79 Å². The lowest BCUT2D eigenvalue weighted by molar-refractivity contribution is 0.0967. The SMILES string of the molecule is O=C(CCN1CCC(c2cccs2)=N1)c1ccsc1. The van der Waals surface area contributed by atoms with Crippen LogP contribution in [0.4, 0.5) is 0 Å². The molecule has 98 valence electrons. The number of hydrogen-bond acceptors (Lipinski definition) is 5. The summed E-state index contributed by atoms with van der Waals surface area (Å²) in [4.78, 5) is 13.1. The summed E-state index contributed by atoms with van der Waals surface area (Å²) in [6, 6.07) is 6.03. The second kappa shape index (κ2) is 5.67. The topological polar surface area (TPSA) is 32.7 Å². The van der Waals surface area contributed by atoms with E-state index < -0.39 is 0 Å². The van der Waals surface area contributed by atoms with E-state index in [9.17, 15) is 4.79 Å². The van der Waals surface area contributed by atoms with Crippen LogP contribution in [0.2, 0.25) is 0 Å². The number of nitrogens with zero attached hydrogens (tertiary/aromatic N) is 2. The van der Waals surface area contributed by atoms with Crippen LogP contribution in [0.25, 0.3) is 0 Å². The van der Waals surface area contributed by atoms with E-state index >= 15 is 0 Å². The van der Waals surface area contributed by atoms with Gasteiger partial charge in [-0.05, 0) is 22.9 Å². The molecule has 3 nitrogen and oxygen atoms in total. The van der Waals surface area contributed by atoms with Crippen LogP contribution in [0.1, 0.15) is 28.1 Å². The molecule has 3 heterocycles. The zero-order chi connectivity index (χ0) is 13.1. The van der Waals surface area contributed by atoms with Crippen LogP contribution < -0.4 is 0 Å². The summed E-state index contributed by atoms with van der Waals surface area (Å²) in [6.45, 7) is 1.63. The first-order valence-electron chi connectivity index (χ1n) is 6.24. The zero-order valence-electron chi connectivity index (χ0n) is 10.4. The quantitative estimate of drug-likeness (QED) is 0.790. The third-order valence-electron chi connectivity index (χ3n) is 3.11. The number of ketones is 1. The smallest absolute Gasteiger partial charge is 0.165 e. The number of hydrogen-bond donors (Lipinski definition) is 0. The molecule has 0 unspecified atom stereocenters. The van der Waals surface area contributed by atoms with Crippen LogP contribution in [0, 0.1) is 0 Å². The third-order valence-corrected chi connectivity index (χ3v) is 4.72. The molecule has 0 saturated heterocycles. The lowest BCUT2D eigenvalue weighted by Crippen LogP contribution is -2.18. The standard InChI is InChI=1S/C14H14N2OS2/c17-13(11-5-9-18-10-11)4-7-16-6-3-12(15-16)14-2-1-8-19-14/h1-2,5,8-10H,3-4,6-7H2. The molecule has 19 heavy (non-hydrogen) atoms. The van der Waals surface area contributed by atoms with Gasteiger partial charge in [-0.15, -0.1) is 11.3 Å². The zero-order valence-corrected chi connectivity index (χ0v) is 12.0. The molecule has 0 spiro atoms. The Balaban J connectivity index is 1.56. The highest BCUT2D eigenvalue weighted by Crippen LogP contribution is 2.18. The predicted octanol–water partition coefficient (Wildman–Crippen LogP) is 3.49. The van der Waals surface area contributed by atoms with Gasteiger partial charge in [0.1, 0.15) is 0 Å². The molecular weight excluding hydrogens is 276 g/mol. The number of hydrazone groups is 1. The van der Waals surface area contributed by atoms with E-state index in [2.05, 4.69) is 16.5 Å². The summed E-state index contributed by atoms with van der Waals surface area (Å²) >= 11 is 3.29. The van der Waals surface area contributed by atoms with E-state index in [0.717, 1.165) is 24.2 Å². The van der Waals surface area contributed by atoms with Gasteiger partial charge in [-0.2, -0.15) is 16.4 Å². The molecular formula is C14H14N2OS2. The van der Waals surface area contributed by atoms with Gasteiger partial charge >= 0.3 is 0 Å². The summed E-state index contributed by atoms with van der Waals surface area (Å²) in [6.07, 6.45) is 1.52. The summed E-state index contributed by atoms with van der Waals surface area (Å²) in [5.74, 6) is 0.209. The Kier molecular flexibility index (Phi) is 3.75. The van der Waals surface area contributed by atoms with Crippen molar-refractivity contribution in [3.63, 3.8) is 0 Å². The van der Waals surface area contributed by atoms with Crippen molar-refractivity contribution in [2.24, 2.45) is 5.10 Å². The van der Waals surface area contributed by atoms with Gasteiger partial charge in [-0.25, -0.2) is 0 Å². The molecule has 2 aromatic rings. The van der Waals surface area contributed by atoms with Crippen molar-refractivity contribution in [3.8, 4) is 0 Å². The maximum Gasteiger partial charge on any atom is 0.165 e. The molecule has 2 aromatic heterocycles. The minimum absolute atomic E-state index is 0.209. The van der Waals surface area contributed by atoms with E-state index in [1.165, 1.54) is 4.88 Å². The number of carbonyl (C=O) groups is 1. The first-order chi connectivity index (χ1) is 9.33. The molecule has 0 N–H and O–H groups in total. The lowest BCUT2D eigenvalue weighted by Gasteiger charge is -2.11. The number of rotatable bonds is 5. The lowest BCUT2D eigenvalue weighted by atomic mass is 10.1. The van der Waals surface area contributed by atoms with E-state index in [-0.39, 0.29) is 5.78 Å². The Hall–Kier alpha value is -1.46. The van der Waals surface area contributed by atoms with Crippen molar-refractivity contribution in [1.82, 2.24) is 5.01 Å². The van der Waals surface area contributed by atoms with E-state index in [1.54, 1.807) is 22.7 Å². The van der Waals surface area contributed by atoms with Gasteiger partial charge in [0.15, 0.2) is 5.78 Å². The average molecular weight is 290 g/mol. The van der Waals surface area contributed by atoms with E-state index in [0.29, 0.717) is 13.0 Å². The van der Waals surface area contributed by atoms with Gasteiger partial charge < -0.3 is 0 Å². The second-order valence-electron chi connectivity index (χ2n) is 4.41. The largest absolute Gasteiger partial charge is 0.296 e. The molecule has 5 heteroatoms. The minimum atomic E-state index is 0.209. The number of carbonyl (C=O) groups excluding carboxylic acids is 1. The fourth-order valence-electron chi connectivity index (χ4n) is 2.08. The first-order valence-corrected chi connectivity index (χ1v) is 8.07. The van der Waals surface area contributed by atoms with Crippen molar-refractivity contribution in [1.29, 1.82) is 0 Å². The van der Waals surface area contributed by atoms with Crippen LogP contribution in [0.15, 0.2) is 39.4 Å². The molecule has 0 bridgehead atoms. The Labute approximate surface area is 120 Å². The van der Waals surface area contributed by atoms with Gasteiger partial charge in [0.25, 0.3) is 0 Å². The van der Waals surface area contributed by atoms with Crippen molar-refractivity contribution in [3.05, 3.63) is 44.8 Å². The second-order valence-corrected chi connectivity index (χ2v) is 6.14. The predicted molar refractivity (Wildman–Crippen MR) is 80.3 cm³/mol. The first kappa shape index (κ1) is 12.6. The Morgan fingerprint density at radius 2 is 2.32 bits per heavy atom. The molecule has 0 fully saturated rings. The fraction of sp³-hybridized carbons (Fsp3) is 0.286. The van der Waals surface area contributed by atoms with Gasteiger partial charge in [-0.1, -0.05) is 6.07 Å². The van der Waals surface area contributed by atoms with Crippen molar-refractivity contribution in [2.75, 3.05) is 13.1 Å². The Bertz CT molecular complexity index is 573. The van der Waals surface area contributed by atoms with Crippen molar-refractivity contribution in [2.45, 2.75) is 12.8 Å². The molecule has 0 amide bonds. The Morgan fingerprint density at radius 3 is 3.05 bits per heavy atom. The van der Waals surface area contributed by atoms with Gasteiger partial charge in [-0.3, -0.25) is 9.80 Å². The molecule has 3 rings (SSSR count). The highest BCUT2D eigenvalue weighted by Gasteiger charge is 2.17. The molecule has 0 aromatic carbocycles. The minimum Gasteiger partial charge on any atom is -0.296 e. The van der Waals surface area contributed by atoms with Crippen LogP contribution in [0.3, 0.4) is 0 Å². The maximum atomic E-state index is 11.9. The van der Waals surface area contributed by atoms with Crippen LogP contribution in [0.5, 0.6) is 0 Å². The summed E-state index contributed by atoms with van der Waals surface area (Å²) in [7, 11) is 0. The molecule has 0 saturated carbocycles. The summed E-state index contributed by atoms with van der Waals surface area (Å²) < 4.78 is 0.